The molecule has 37 heavy (non-hydrogen) atoms. The summed E-state index contributed by atoms with van der Waals surface area (Å²) in [4.78, 5) is 15.4. The van der Waals surface area contributed by atoms with E-state index in [0.29, 0.717) is 44.3 Å². The van der Waals surface area contributed by atoms with Crippen LogP contribution in [0.5, 0.6) is 11.5 Å². The Morgan fingerprint density at radius 1 is 1.00 bits per heavy atom. The third kappa shape index (κ3) is 8.07. The van der Waals surface area contributed by atoms with Crippen LogP contribution in [-0.4, -0.2) is 50.8 Å². The van der Waals surface area contributed by atoms with Gasteiger partial charge < -0.3 is 19.5 Å². The molecule has 0 aromatic heterocycles. The molecule has 3 aromatic rings. The van der Waals surface area contributed by atoms with Crippen LogP contribution >= 0.6 is 0 Å². The lowest BCUT2D eigenvalue weighted by Gasteiger charge is -2.25. The number of methoxy groups -OCH3 is 1. The van der Waals surface area contributed by atoms with E-state index < -0.39 is 0 Å². The number of hydrogen-bond donors (Lipinski definition) is 1. The molecule has 1 N–H and O–H groups in total. The van der Waals surface area contributed by atoms with Crippen LogP contribution in [0.15, 0.2) is 66.7 Å². The number of ether oxygens (including phenoxy) is 3. The topological polar surface area (TPSA) is 60.0 Å². The van der Waals surface area contributed by atoms with Crippen molar-refractivity contribution in [2.75, 3.05) is 40.0 Å². The molecule has 6 heteroatoms. The molecule has 0 saturated carbocycles. The summed E-state index contributed by atoms with van der Waals surface area (Å²) < 4.78 is 17.2. The summed E-state index contributed by atoms with van der Waals surface area (Å²) in [6.07, 6.45) is 0.688. The van der Waals surface area contributed by atoms with Gasteiger partial charge in [0, 0.05) is 38.2 Å². The van der Waals surface area contributed by atoms with E-state index >= 15 is 0 Å². The normalized spacial score (nSPS) is 14.8. The van der Waals surface area contributed by atoms with Gasteiger partial charge in [0.25, 0.3) is 5.91 Å². The largest absolute Gasteiger partial charge is 0.497 e. The third-order valence-electron chi connectivity index (χ3n) is 6.39. The van der Waals surface area contributed by atoms with E-state index in [1.54, 1.807) is 7.11 Å². The number of hydrogen-bond acceptors (Lipinski definition) is 5. The monoisotopic (exact) mass is 502 g/mol. The van der Waals surface area contributed by atoms with Gasteiger partial charge in [-0.05, 0) is 58.5 Å². The quantitative estimate of drug-likeness (QED) is 0.509. The molecule has 0 radical (unpaired) electrons. The molecule has 0 aliphatic carbocycles. The van der Waals surface area contributed by atoms with Gasteiger partial charge in [-0.25, -0.2) is 0 Å². The molecule has 1 aliphatic rings. The van der Waals surface area contributed by atoms with E-state index in [-0.39, 0.29) is 5.91 Å². The average Bonchev–Trinajstić information content (AvgIpc) is 2.89. The minimum atomic E-state index is -0.112. The molecule has 4 rings (SSSR count). The molecular weight excluding hydrogens is 464 g/mol. The van der Waals surface area contributed by atoms with Crippen LogP contribution in [0.3, 0.4) is 0 Å². The maximum absolute atomic E-state index is 13.0. The van der Waals surface area contributed by atoms with Crippen LogP contribution in [0.4, 0.5) is 0 Å². The van der Waals surface area contributed by atoms with Crippen molar-refractivity contribution in [1.29, 1.82) is 0 Å². The fourth-order valence-electron chi connectivity index (χ4n) is 4.60. The molecule has 0 spiro atoms. The van der Waals surface area contributed by atoms with Crippen LogP contribution in [-0.2, 0) is 24.2 Å². The Hall–Kier alpha value is -3.35. The molecule has 0 unspecified atom stereocenters. The highest BCUT2D eigenvalue weighted by atomic mass is 16.5. The predicted octanol–water partition coefficient (Wildman–Crippen LogP) is 5.08. The lowest BCUT2D eigenvalue weighted by atomic mass is 9.99. The molecular formula is C31H38N2O4. The Balaban J connectivity index is 1.52. The highest BCUT2D eigenvalue weighted by Gasteiger charge is 2.14. The Morgan fingerprint density at radius 2 is 1.81 bits per heavy atom. The standard InChI is InChI=1S/C31H38N2O4/c1-23(2)21-33-13-14-36-15-16-37-30-12-9-27(19-28(30)18-25-5-4-6-26(17-25)22-33)31(34)32-20-24-7-10-29(35-3)11-8-24/h4-12,17,19,23H,13-16,18,20-22H2,1-3H3,(H,32,34). The lowest BCUT2D eigenvalue weighted by Crippen LogP contribution is -2.31. The number of amides is 1. The van der Waals surface area contributed by atoms with E-state index in [1.807, 2.05) is 42.5 Å². The molecule has 2 bridgehead atoms. The van der Waals surface area contributed by atoms with E-state index in [0.717, 1.165) is 42.3 Å². The predicted molar refractivity (Wildman–Crippen MR) is 146 cm³/mol. The molecule has 6 nitrogen and oxygen atoms in total. The first-order chi connectivity index (χ1) is 18.0. The van der Waals surface area contributed by atoms with Gasteiger partial charge in [0.05, 0.1) is 20.3 Å². The Kier molecular flexibility index (Phi) is 9.58. The van der Waals surface area contributed by atoms with Gasteiger partial charge in [-0.2, -0.15) is 0 Å². The van der Waals surface area contributed by atoms with E-state index in [4.69, 9.17) is 14.2 Å². The van der Waals surface area contributed by atoms with Gasteiger partial charge in [0.1, 0.15) is 18.1 Å². The number of rotatable bonds is 6. The summed E-state index contributed by atoms with van der Waals surface area (Å²) in [5.41, 5.74) is 5.11. The van der Waals surface area contributed by atoms with Crippen LogP contribution in [0.25, 0.3) is 0 Å². The average molecular weight is 503 g/mol. The maximum atomic E-state index is 13.0. The molecule has 3 aromatic carbocycles. The van der Waals surface area contributed by atoms with Gasteiger partial charge in [-0.3, -0.25) is 9.69 Å². The Bertz CT molecular complexity index is 1160. The van der Waals surface area contributed by atoms with Crippen molar-refractivity contribution in [3.05, 3.63) is 94.5 Å². The zero-order valence-electron chi connectivity index (χ0n) is 22.2. The van der Waals surface area contributed by atoms with Gasteiger partial charge in [-0.1, -0.05) is 50.2 Å². The lowest BCUT2D eigenvalue weighted by molar-refractivity contribution is 0.0746. The molecule has 1 heterocycles. The number of nitrogens with zero attached hydrogens (tertiary/aromatic N) is 1. The molecule has 0 atom stereocenters. The Morgan fingerprint density at radius 3 is 2.59 bits per heavy atom. The Labute approximate surface area is 220 Å². The number of fused-ring (bicyclic) bond motifs is 3. The van der Waals surface area contributed by atoms with Crippen LogP contribution < -0.4 is 14.8 Å². The molecule has 1 aliphatic heterocycles. The fraction of sp³-hybridized carbons (Fsp3) is 0.387. The van der Waals surface area contributed by atoms with Crippen LogP contribution in [0, 0.1) is 5.92 Å². The van der Waals surface area contributed by atoms with Gasteiger partial charge in [0.15, 0.2) is 0 Å². The second-order valence-corrected chi connectivity index (χ2v) is 9.94. The minimum Gasteiger partial charge on any atom is -0.497 e. The second kappa shape index (κ2) is 13.3. The second-order valence-electron chi connectivity index (χ2n) is 9.94. The summed E-state index contributed by atoms with van der Waals surface area (Å²) in [6, 6.07) is 22.1. The van der Waals surface area contributed by atoms with Crippen molar-refractivity contribution < 1.29 is 19.0 Å². The van der Waals surface area contributed by atoms with Crippen LogP contribution in [0.1, 0.15) is 46.5 Å². The van der Waals surface area contributed by atoms with E-state index in [2.05, 4.69) is 48.3 Å². The zero-order chi connectivity index (χ0) is 26.0. The highest BCUT2D eigenvalue weighted by molar-refractivity contribution is 5.94. The van der Waals surface area contributed by atoms with Crippen molar-refractivity contribution in [1.82, 2.24) is 10.2 Å². The van der Waals surface area contributed by atoms with Gasteiger partial charge in [-0.15, -0.1) is 0 Å². The summed E-state index contributed by atoms with van der Waals surface area (Å²) >= 11 is 0. The first-order valence-corrected chi connectivity index (χ1v) is 13.0. The van der Waals surface area contributed by atoms with Gasteiger partial charge in [0.2, 0.25) is 0 Å². The van der Waals surface area contributed by atoms with Gasteiger partial charge >= 0.3 is 0 Å². The number of nitrogens with one attached hydrogen (secondary N) is 1. The molecule has 0 fully saturated rings. The zero-order valence-corrected chi connectivity index (χ0v) is 22.2. The van der Waals surface area contributed by atoms with Crippen molar-refractivity contribution in [3.63, 3.8) is 0 Å². The van der Waals surface area contributed by atoms with Crippen molar-refractivity contribution >= 4 is 5.91 Å². The minimum absolute atomic E-state index is 0.112. The maximum Gasteiger partial charge on any atom is 0.251 e. The SMILES string of the molecule is COc1ccc(CNC(=O)c2ccc3c(c2)Cc2cccc(c2)CN(CC(C)C)CCOCCO3)cc1. The van der Waals surface area contributed by atoms with Crippen molar-refractivity contribution in [2.45, 2.75) is 33.4 Å². The molecule has 1 amide bonds. The number of carbonyl (C=O) groups excluding carboxylic acids is 1. The fourth-order valence-corrected chi connectivity index (χ4v) is 4.60. The third-order valence-corrected chi connectivity index (χ3v) is 6.39. The highest BCUT2D eigenvalue weighted by Crippen LogP contribution is 2.25. The van der Waals surface area contributed by atoms with E-state index in [1.165, 1.54) is 11.1 Å². The molecule has 196 valence electrons. The number of carbonyl (C=O) groups is 1. The summed E-state index contributed by atoms with van der Waals surface area (Å²) in [7, 11) is 1.64. The van der Waals surface area contributed by atoms with Crippen molar-refractivity contribution in [3.8, 4) is 11.5 Å². The summed E-state index contributed by atoms with van der Waals surface area (Å²) in [5.74, 6) is 2.06. The number of benzene rings is 3. The van der Waals surface area contributed by atoms with E-state index in [9.17, 15) is 4.79 Å². The molecule has 0 saturated heterocycles. The van der Waals surface area contributed by atoms with Crippen molar-refractivity contribution in [2.24, 2.45) is 5.92 Å². The first kappa shape index (κ1) is 26.7. The smallest absolute Gasteiger partial charge is 0.251 e. The summed E-state index contributed by atoms with van der Waals surface area (Å²) in [5, 5.41) is 3.02. The first-order valence-electron chi connectivity index (χ1n) is 13.0. The van der Waals surface area contributed by atoms with Crippen LogP contribution in [0.2, 0.25) is 0 Å². The summed E-state index contributed by atoms with van der Waals surface area (Å²) in [6.45, 7) is 9.45.